The summed E-state index contributed by atoms with van der Waals surface area (Å²) in [7, 11) is 0. The van der Waals surface area contributed by atoms with E-state index in [-0.39, 0.29) is 13.0 Å². The Morgan fingerprint density at radius 3 is 2.89 bits per heavy atom. The van der Waals surface area contributed by atoms with Crippen molar-refractivity contribution in [3.63, 3.8) is 0 Å². The van der Waals surface area contributed by atoms with Gasteiger partial charge in [0.15, 0.2) is 0 Å². The smallest absolute Gasteiger partial charge is 0.331 e. The highest BCUT2D eigenvalue weighted by atomic mass is 19.1. The SMILES string of the molecule is O=c1[nH]c(=O)n([C@]2(O)[C@H](O)CCO[C@@H]2CO)cc1F. The van der Waals surface area contributed by atoms with Gasteiger partial charge in [0.05, 0.1) is 12.8 Å². The summed E-state index contributed by atoms with van der Waals surface area (Å²) in [5, 5.41) is 29.4. The van der Waals surface area contributed by atoms with Crippen molar-refractivity contribution in [2.75, 3.05) is 13.2 Å². The summed E-state index contributed by atoms with van der Waals surface area (Å²) in [6, 6.07) is 0. The lowest BCUT2D eigenvalue weighted by molar-refractivity contribution is -0.257. The van der Waals surface area contributed by atoms with Crippen molar-refractivity contribution in [3.05, 3.63) is 32.9 Å². The second kappa shape index (κ2) is 4.85. The monoisotopic (exact) mass is 276 g/mol. The molecule has 0 saturated carbocycles. The molecule has 1 aromatic heterocycles. The minimum absolute atomic E-state index is 0.0137. The van der Waals surface area contributed by atoms with Gasteiger partial charge in [-0.2, -0.15) is 4.39 Å². The van der Waals surface area contributed by atoms with Gasteiger partial charge in [-0.25, -0.2) is 4.79 Å². The van der Waals surface area contributed by atoms with E-state index >= 15 is 0 Å². The van der Waals surface area contributed by atoms with E-state index in [0.717, 1.165) is 0 Å². The predicted molar refractivity (Wildman–Crippen MR) is 58.9 cm³/mol. The predicted octanol–water partition coefficient (Wildman–Crippen LogP) is -2.54. The summed E-state index contributed by atoms with van der Waals surface area (Å²) in [4.78, 5) is 24.2. The van der Waals surface area contributed by atoms with E-state index in [4.69, 9.17) is 9.84 Å². The third kappa shape index (κ3) is 2.10. The Morgan fingerprint density at radius 2 is 2.26 bits per heavy atom. The van der Waals surface area contributed by atoms with Crippen LogP contribution >= 0.6 is 0 Å². The van der Waals surface area contributed by atoms with Crippen molar-refractivity contribution in [2.45, 2.75) is 24.4 Å². The highest BCUT2D eigenvalue weighted by Gasteiger charge is 2.49. The van der Waals surface area contributed by atoms with Crippen molar-refractivity contribution in [3.8, 4) is 0 Å². The Balaban J connectivity index is 2.62. The first-order chi connectivity index (χ1) is 8.91. The van der Waals surface area contributed by atoms with Crippen LogP contribution in [0.5, 0.6) is 0 Å². The Labute approximate surface area is 105 Å². The number of aliphatic hydroxyl groups is 3. The fraction of sp³-hybridized carbons (Fsp3) is 0.600. The second-order valence-corrected chi connectivity index (χ2v) is 4.24. The molecular formula is C10H13FN2O6. The molecule has 2 rings (SSSR count). The van der Waals surface area contributed by atoms with Crippen LogP contribution in [0.25, 0.3) is 0 Å². The van der Waals surface area contributed by atoms with Crippen LogP contribution in [0.4, 0.5) is 4.39 Å². The number of H-pyrrole nitrogens is 1. The first-order valence-electron chi connectivity index (χ1n) is 5.56. The average molecular weight is 276 g/mol. The zero-order valence-corrected chi connectivity index (χ0v) is 9.74. The Bertz CT molecular complexity index is 584. The number of aliphatic hydroxyl groups excluding tert-OH is 2. The Morgan fingerprint density at radius 1 is 1.58 bits per heavy atom. The van der Waals surface area contributed by atoms with Gasteiger partial charge in [-0.3, -0.25) is 14.3 Å². The third-order valence-corrected chi connectivity index (χ3v) is 3.12. The molecule has 0 spiro atoms. The highest BCUT2D eigenvalue weighted by molar-refractivity contribution is 4.99. The van der Waals surface area contributed by atoms with Crippen LogP contribution in [-0.4, -0.2) is 50.3 Å². The molecule has 1 saturated heterocycles. The van der Waals surface area contributed by atoms with E-state index in [9.17, 15) is 24.2 Å². The van der Waals surface area contributed by atoms with Crippen LogP contribution in [0.2, 0.25) is 0 Å². The number of hydrogen-bond donors (Lipinski definition) is 4. The lowest BCUT2D eigenvalue weighted by Crippen LogP contribution is -2.63. The first-order valence-corrected chi connectivity index (χ1v) is 5.56. The quantitative estimate of drug-likeness (QED) is 0.472. The number of hydrogen-bond acceptors (Lipinski definition) is 6. The first kappa shape index (κ1) is 13.9. The van der Waals surface area contributed by atoms with Crippen molar-refractivity contribution in [1.82, 2.24) is 9.55 Å². The zero-order chi connectivity index (χ0) is 14.2. The molecular weight excluding hydrogens is 263 g/mol. The normalized spacial score (nSPS) is 31.4. The topological polar surface area (TPSA) is 125 Å². The van der Waals surface area contributed by atoms with E-state index in [1.807, 2.05) is 0 Å². The molecule has 8 nitrogen and oxygen atoms in total. The fourth-order valence-electron chi connectivity index (χ4n) is 2.09. The number of nitrogens with one attached hydrogen (secondary N) is 1. The standard InChI is InChI=1S/C10H13FN2O6/c11-5-3-13(9(17)12-8(5)16)10(18)6(15)1-2-19-7(10)4-14/h3,6-7,14-15,18H,1-2,4H2,(H,12,16,17)/t6-,7-,10+/m1/s1. The van der Waals surface area contributed by atoms with Gasteiger partial charge < -0.3 is 20.1 Å². The van der Waals surface area contributed by atoms with Gasteiger partial charge in [0, 0.05) is 13.0 Å². The maximum Gasteiger partial charge on any atom is 0.331 e. The van der Waals surface area contributed by atoms with Crippen LogP contribution < -0.4 is 11.2 Å². The molecule has 9 heteroatoms. The molecule has 1 aliphatic rings. The molecule has 106 valence electrons. The number of aromatic amines is 1. The van der Waals surface area contributed by atoms with E-state index in [0.29, 0.717) is 10.8 Å². The van der Waals surface area contributed by atoms with Gasteiger partial charge in [0.1, 0.15) is 12.2 Å². The van der Waals surface area contributed by atoms with Crippen molar-refractivity contribution in [1.29, 1.82) is 0 Å². The summed E-state index contributed by atoms with van der Waals surface area (Å²) >= 11 is 0. The number of halogens is 1. The number of ether oxygens (including phenoxy) is 1. The summed E-state index contributed by atoms with van der Waals surface area (Å²) in [6.07, 6.45) is -2.32. The van der Waals surface area contributed by atoms with Gasteiger partial charge >= 0.3 is 5.69 Å². The van der Waals surface area contributed by atoms with Gasteiger partial charge in [-0.1, -0.05) is 0 Å². The summed E-state index contributed by atoms with van der Waals surface area (Å²) in [5.74, 6) is -1.30. The highest BCUT2D eigenvalue weighted by Crippen LogP contribution is 2.29. The van der Waals surface area contributed by atoms with Gasteiger partial charge in [-0.05, 0) is 0 Å². The van der Waals surface area contributed by atoms with Gasteiger partial charge in [-0.15, -0.1) is 0 Å². The lowest BCUT2D eigenvalue weighted by Gasteiger charge is -2.43. The van der Waals surface area contributed by atoms with Crippen molar-refractivity contribution < 1.29 is 24.4 Å². The second-order valence-electron chi connectivity index (χ2n) is 4.24. The van der Waals surface area contributed by atoms with Gasteiger partial charge in [0.25, 0.3) is 5.56 Å². The number of nitrogens with zero attached hydrogens (tertiary/aromatic N) is 1. The fourth-order valence-corrected chi connectivity index (χ4v) is 2.09. The molecule has 2 heterocycles. The molecule has 0 amide bonds. The van der Waals surface area contributed by atoms with E-state index in [1.54, 1.807) is 4.98 Å². The van der Waals surface area contributed by atoms with Crippen LogP contribution in [0, 0.1) is 5.82 Å². The molecule has 19 heavy (non-hydrogen) atoms. The summed E-state index contributed by atoms with van der Waals surface area (Å²) in [6.45, 7) is -0.629. The van der Waals surface area contributed by atoms with E-state index in [1.165, 1.54) is 0 Å². The molecule has 4 N–H and O–H groups in total. The number of rotatable bonds is 2. The molecule has 0 unspecified atom stereocenters. The van der Waals surface area contributed by atoms with Crippen molar-refractivity contribution in [2.24, 2.45) is 0 Å². The third-order valence-electron chi connectivity index (χ3n) is 3.12. The van der Waals surface area contributed by atoms with E-state index in [2.05, 4.69) is 0 Å². The molecule has 1 aromatic rings. The largest absolute Gasteiger partial charge is 0.393 e. The molecule has 0 aliphatic carbocycles. The van der Waals surface area contributed by atoms with Crippen LogP contribution in [0.1, 0.15) is 6.42 Å². The maximum atomic E-state index is 13.2. The van der Waals surface area contributed by atoms with Crippen LogP contribution in [0.3, 0.4) is 0 Å². The van der Waals surface area contributed by atoms with Gasteiger partial charge in [0.2, 0.25) is 11.5 Å². The van der Waals surface area contributed by atoms with Crippen LogP contribution in [0.15, 0.2) is 15.8 Å². The van der Waals surface area contributed by atoms with Crippen LogP contribution in [-0.2, 0) is 10.5 Å². The maximum absolute atomic E-state index is 13.2. The minimum Gasteiger partial charge on any atom is -0.393 e. The molecule has 0 aromatic carbocycles. The number of aromatic nitrogens is 2. The minimum atomic E-state index is -2.35. The molecule has 0 radical (unpaired) electrons. The van der Waals surface area contributed by atoms with Crippen molar-refractivity contribution >= 4 is 0 Å². The lowest BCUT2D eigenvalue weighted by atomic mass is 9.94. The molecule has 1 aliphatic heterocycles. The Hall–Kier alpha value is -1.55. The average Bonchev–Trinajstić information content (AvgIpc) is 2.37. The Kier molecular flexibility index (Phi) is 3.54. The summed E-state index contributed by atoms with van der Waals surface area (Å²) < 4.78 is 18.7. The molecule has 1 fully saturated rings. The zero-order valence-electron chi connectivity index (χ0n) is 9.74. The molecule has 3 atom stereocenters. The van der Waals surface area contributed by atoms with E-state index < -0.39 is 41.6 Å². The summed E-state index contributed by atoms with van der Waals surface area (Å²) in [5.41, 5.74) is -4.71. The molecule has 0 bridgehead atoms.